The molecule has 4 rings (SSSR count). The first-order valence-electron chi connectivity index (χ1n) is 8.96. The zero-order chi connectivity index (χ0) is 18.6. The van der Waals surface area contributed by atoms with E-state index in [-0.39, 0.29) is 23.3 Å². The molecule has 0 saturated carbocycles. The van der Waals surface area contributed by atoms with Gasteiger partial charge in [0.15, 0.2) is 0 Å². The highest BCUT2D eigenvalue weighted by Crippen LogP contribution is 2.12. The van der Waals surface area contributed by atoms with E-state index >= 15 is 0 Å². The summed E-state index contributed by atoms with van der Waals surface area (Å²) in [5, 5.41) is 7.13. The number of nitrogens with one attached hydrogen (secondary N) is 1. The number of aromatic nitrogens is 4. The lowest BCUT2D eigenvalue weighted by Gasteiger charge is -2.23. The Hall–Kier alpha value is -3.13. The summed E-state index contributed by atoms with van der Waals surface area (Å²) in [6.07, 6.45) is 4.21. The van der Waals surface area contributed by atoms with Crippen LogP contribution in [0.4, 0.5) is 0 Å². The van der Waals surface area contributed by atoms with Crippen LogP contribution in [-0.4, -0.2) is 56.2 Å². The number of carbonyl (C=O) groups excluding carboxylic acids is 1. The maximum Gasteiger partial charge on any atom is 0.272 e. The average Bonchev–Trinajstić information content (AvgIpc) is 3.27. The van der Waals surface area contributed by atoms with Crippen molar-refractivity contribution in [2.75, 3.05) is 19.7 Å². The van der Waals surface area contributed by atoms with Crippen LogP contribution in [0, 0.1) is 0 Å². The van der Waals surface area contributed by atoms with E-state index in [0.717, 1.165) is 6.42 Å². The predicted molar refractivity (Wildman–Crippen MR) is 98.9 cm³/mol. The molecule has 0 spiro atoms. The van der Waals surface area contributed by atoms with E-state index in [9.17, 15) is 9.59 Å². The molecule has 1 unspecified atom stereocenters. The number of nitrogens with zero attached hydrogens (tertiary/aromatic N) is 4. The Morgan fingerprint density at radius 3 is 2.89 bits per heavy atom. The molecule has 8 nitrogen and oxygen atoms in total. The molecule has 1 aromatic carbocycles. The van der Waals surface area contributed by atoms with Crippen LogP contribution in [0.25, 0.3) is 5.69 Å². The van der Waals surface area contributed by atoms with Gasteiger partial charge in [0, 0.05) is 38.2 Å². The molecule has 3 heterocycles. The molecular weight excluding hydrogens is 346 g/mol. The predicted octanol–water partition coefficient (Wildman–Crippen LogP) is 1.29. The van der Waals surface area contributed by atoms with Gasteiger partial charge < -0.3 is 9.64 Å². The number of hydrogen-bond acceptors (Lipinski definition) is 4. The van der Waals surface area contributed by atoms with E-state index in [1.54, 1.807) is 15.8 Å². The van der Waals surface area contributed by atoms with Crippen LogP contribution in [0.1, 0.15) is 16.9 Å². The SMILES string of the molecule is O=C(c1cc(=O)n(-c2ccccc2)[nH]1)N1CCCOC(Cn2cccn2)C1. The first-order chi connectivity index (χ1) is 13.2. The van der Waals surface area contributed by atoms with Gasteiger partial charge in [-0.15, -0.1) is 0 Å². The Morgan fingerprint density at radius 1 is 1.26 bits per heavy atom. The van der Waals surface area contributed by atoms with Crippen LogP contribution in [0.2, 0.25) is 0 Å². The lowest BCUT2D eigenvalue weighted by molar-refractivity contribution is 0.0365. The van der Waals surface area contributed by atoms with E-state index in [4.69, 9.17) is 4.74 Å². The van der Waals surface area contributed by atoms with Gasteiger partial charge in [0.1, 0.15) is 5.69 Å². The number of benzene rings is 1. The molecule has 1 saturated heterocycles. The fourth-order valence-electron chi connectivity index (χ4n) is 3.25. The Morgan fingerprint density at radius 2 is 2.11 bits per heavy atom. The van der Waals surface area contributed by atoms with Gasteiger partial charge in [-0.1, -0.05) is 18.2 Å². The summed E-state index contributed by atoms with van der Waals surface area (Å²) >= 11 is 0. The fourth-order valence-corrected chi connectivity index (χ4v) is 3.25. The standard InChI is InChI=1S/C19H21N5O3/c25-18-12-17(21-24(18)15-6-2-1-3-7-15)19(26)22-9-5-11-27-16(13-22)14-23-10-4-8-20-23/h1-4,6-8,10,12,16,21H,5,9,11,13-14H2. The van der Waals surface area contributed by atoms with Crippen molar-refractivity contribution in [3.63, 3.8) is 0 Å². The smallest absolute Gasteiger partial charge is 0.272 e. The molecule has 3 aromatic rings. The van der Waals surface area contributed by atoms with E-state index in [0.29, 0.717) is 31.9 Å². The van der Waals surface area contributed by atoms with Crippen LogP contribution in [-0.2, 0) is 11.3 Å². The van der Waals surface area contributed by atoms with Gasteiger partial charge in [0.05, 0.1) is 18.3 Å². The molecule has 0 aliphatic carbocycles. The second-order valence-corrected chi connectivity index (χ2v) is 6.50. The Kier molecular flexibility index (Phi) is 4.88. The minimum absolute atomic E-state index is 0.140. The van der Waals surface area contributed by atoms with Crippen LogP contribution in [0.15, 0.2) is 59.7 Å². The first-order valence-corrected chi connectivity index (χ1v) is 8.96. The van der Waals surface area contributed by atoms with Gasteiger partial charge in [-0.3, -0.25) is 19.4 Å². The van der Waals surface area contributed by atoms with Gasteiger partial charge in [0.2, 0.25) is 0 Å². The van der Waals surface area contributed by atoms with E-state index in [1.807, 2.05) is 42.6 Å². The molecule has 2 aromatic heterocycles. The number of hydrogen-bond donors (Lipinski definition) is 1. The summed E-state index contributed by atoms with van der Waals surface area (Å²) < 4.78 is 9.03. The minimum Gasteiger partial charge on any atom is -0.374 e. The van der Waals surface area contributed by atoms with Crippen LogP contribution in [0.3, 0.4) is 0 Å². The molecule has 1 N–H and O–H groups in total. The van der Waals surface area contributed by atoms with Gasteiger partial charge in [-0.2, -0.15) is 5.10 Å². The zero-order valence-electron chi connectivity index (χ0n) is 14.8. The second kappa shape index (κ2) is 7.63. The molecule has 0 radical (unpaired) electrons. The summed E-state index contributed by atoms with van der Waals surface area (Å²) in [4.78, 5) is 27.0. The highest BCUT2D eigenvalue weighted by atomic mass is 16.5. The summed E-state index contributed by atoms with van der Waals surface area (Å²) in [5.74, 6) is -0.197. The van der Waals surface area contributed by atoms with E-state index in [2.05, 4.69) is 10.2 Å². The number of amides is 1. The lowest BCUT2D eigenvalue weighted by atomic mass is 10.3. The Labute approximate surface area is 156 Å². The number of H-pyrrole nitrogens is 1. The van der Waals surface area contributed by atoms with Crippen molar-refractivity contribution in [2.45, 2.75) is 19.1 Å². The van der Waals surface area contributed by atoms with Gasteiger partial charge in [-0.05, 0) is 24.6 Å². The monoisotopic (exact) mass is 367 g/mol. The van der Waals surface area contributed by atoms with E-state index in [1.165, 1.54) is 10.7 Å². The van der Waals surface area contributed by atoms with Gasteiger partial charge in [-0.25, -0.2) is 4.68 Å². The normalized spacial score (nSPS) is 17.6. The first kappa shape index (κ1) is 17.3. The number of rotatable bonds is 4. The molecular formula is C19H21N5O3. The third-order valence-corrected chi connectivity index (χ3v) is 4.55. The summed E-state index contributed by atoms with van der Waals surface area (Å²) in [6.45, 7) is 2.22. The van der Waals surface area contributed by atoms with Gasteiger partial charge >= 0.3 is 0 Å². The Bertz CT molecular complexity index is 945. The third kappa shape index (κ3) is 3.85. The summed E-state index contributed by atoms with van der Waals surface area (Å²) in [7, 11) is 0. The number of para-hydroxylation sites is 1. The Balaban J connectivity index is 1.52. The van der Waals surface area contributed by atoms with Crippen LogP contribution < -0.4 is 5.56 Å². The fraction of sp³-hybridized carbons (Fsp3) is 0.316. The summed E-state index contributed by atoms with van der Waals surface area (Å²) in [5.41, 5.74) is 0.713. The highest BCUT2D eigenvalue weighted by molar-refractivity contribution is 5.92. The van der Waals surface area contributed by atoms with Crippen LogP contribution >= 0.6 is 0 Å². The second-order valence-electron chi connectivity index (χ2n) is 6.50. The summed E-state index contributed by atoms with van der Waals surface area (Å²) in [6, 6.07) is 12.4. The topological polar surface area (TPSA) is 85.1 Å². The van der Waals surface area contributed by atoms with Crippen LogP contribution in [0.5, 0.6) is 0 Å². The molecule has 1 atom stereocenters. The maximum absolute atomic E-state index is 13.0. The maximum atomic E-state index is 13.0. The van der Waals surface area contributed by atoms with Crippen molar-refractivity contribution in [3.05, 3.63) is 70.9 Å². The lowest BCUT2D eigenvalue weighted by Crippen LogP contribution is -2.38. The molecule has 1 fully saturated rings. The van der Waals surface area contributed by atoms with Crippen molar-refractivity contribution < 1.29 is 9.53 Å². The zero-order valence-corrected chi connectivity index (χ0v) is 14.8. The average molecular weight is 367 g/mol. The van der Waals surface area contributed by atoms with Crippen molar-refractivity contribution in [1.82, 2.24) is 24.5 Å². The molecule has 1 aliphatic rings. The molecule has 1 aliphatic heterocycles. The number of carbonyl (C=O) groups is 1. The van der Waals surface area contributed by atoms with Crippen molar-refractivity contribution in [2.24, 2.45) is 0 Å². The minimum atomic E-state index is -0.260. The van der Waals surface area contributed by atoms with Gasteiger partial charge in [0.25, 0.3) is 11.5 Å². The molecule has 0 bridgehead atoms. The third-order valence-electron chi connectivity index (χ3n) is 4.55. The number of aromatic amines is 1. The molecule has 27 heavy (non-hydrogen) atoms. The molecule has 8 heteroatoms. The quantitative estimate of drug-likeness (QED) is 0.753. The molecule has 140 valence electrons. The number of ether oxygens (including phenoxy) is 1. The molecule has 1 amide bonds. The van der Waals surface area contributed by atoms with Crippen molar-refractivity contribution in [3.8, 4) is 5.69 Å². The van der Waals surface area contributed by atoms with E-state index < -0.39 is 0 Å². The van der Waals surface area contributed by atoms with Crippen molar-refractivity contribution in [1.29, 1.82) is 0 Å². The highest BCUT2D eigenvalue weighted by Gasteiger charge is 2.25. The largest absolute Gasteiger partial charge is 0.374 e. The van der Waals surface area contributed by atoms with Crippen molar-refractivity contribution >= 4 is 5.91 Å².